The lowest BCUT2D eigenvalue weighted by Gasteiger charge is -2.35. The van der Waals surface area contributed by atoms with Crippen LogP contribution < -0.4 is 0 Å². The molecule has 0 aromatic heterocycles. The highest BCUT2D eigenvalue weighted by Crippen LogP contribution is 2.20. The maximum atomic E-state index is 6.08. The standard InChI is InChI=1S/C18H37NO/c1-5-6-7-8-9-10-11-14-19-15-12-17(13-16-19)20-18(2,3)4/h17H,5-16H2,1-4H3. The number of rotatable bonds is 9. The van der Waals surface area contributed by atoms with E-state index < -0.39 is 0 Å². The molecule has 0 radical (unpaired) electrons. The topological polar surface area (TPSA) is 12.5 Å². The molecule has 1 heterocycles. The third-order valence-electron chi connectivity index (χ3n) is 4.13. The fourth-order valence-electron chi connectivity index (χ4n) is 3.04. The molecular weight excluding hydrogens is 246 g/mol. The highest BCUT2D eigenvalue weighted by molar-refractivity contribution is 4.75. The van der Waals surface area contributed by atoms with E-state index >= 15 is 0 Å². The summed E-state index contributed by atoms with van der Waals surface area (Å²) in [6.07, 6.45) is 12.8. The van der Waals surface area contributed by atoms with Gasteiger partial charge in [-0.05, 0) is 46.6 Å². The molecule has 0 atom stereocenters. The number of hydrogen-bond acceptors (Lipinski definition) is 2. The van der Waals surface area contributed by atoms with Crippen LogP contribution >= 0.6 is 0 Å². The summed E-state index contributed by atoms with van der Waals surface area (Å²) >= 11 is 0. The van der Waals surface area contributed by atoms with Crippen LogP contribution in [-0.4, -0.2) is 36.2 Å². The Hall–Kier alpha value is -0.0800. The van der Waals surface area contributed by atoms with Gasteiger partial charge in [0, 0.05) is 13.1 Å². The molecule has 0 aromatic rings. The maximum Gasteiger partial charge on any atom is 0.0606 e. The molecule has 1 aliphatic rings. The Labute approximate surface area is 127 Å². The summed E-state index contributed by atoms with van der Waals surface area (Å²) in [4.78, 5) is 2.63. The molecule has 0 N–H and O–H groups in total. The highest BCUT2D eigenvalue weighted by Gasteiger charge is 2.23. The molecule has 120 valence electrons. The zero-order valence-electron chi connectivity index (χ0n) is 14.4. The third kappa shape index (κ3) is 8.97. The molecule has 1 aliphatic heterocycles. The number of likely N-dealkylation sites (tertiary alicyclic amines) is 1. The van der Waals surface area contributed by atoms with Crippen LogP contribution in [-0.2, 0) is 4.74 Å². The molecule has 0 bridgehead atoms. The van der Waals surface area contributed by atoms with E-state index in [9.17, 15) is 0 Å². The molecule has 0 spiro atoms. The second kappa shape index (κ2) is 9.78. The van der Waals surface area contributed by atoms with Crippen LogP contribution in [0.3, 0.4) is 0 Å². The second-order valence-electron chi connectivity index (χ2n) is 7.39. The summed E-state index contributed by atoms with van der Waals surface area (Å²) in [5.41, 5.74) is 0.0192. The summed E-state index contributed by atoms with van der Waals surface area (Å²) in [7, 11) is 0. The Morgan fingerprint density at radius 1 is 0.900 bits per heavy atom. The zero-order chi connectivity index (χ0) is 14.8. The summed E-state index contributed by atoms with van der Waals surface area (Å²) in [6, 6.07) is 0. The SMILES string of the molecule is CCCCCCCCCN1CCC(OC(C)(C)C)CC1. The first-order valence-corrected chi connectivity index (χ1v) is 8.91. The molecule has 0 aliphatic carbocycles. The fraction of sp³-hybridized carbons (Fsp3) is 1.00. The third-order valence-corrected chi connectivity index (χ3v) is 4.13. The van der Waals surface area contributed by atoms with Crippen LogP contribution in [0.25, 0.3) is 0 Å². The van der Waals surface area contributed by atoms with Crippen LogP contribution in [0, 0.1) is 0 Å². The average Bonchev–Trinajstić information content (AvgIpc) is 2.38. The molecule has 2 heteroatoms. The highest BCUT2D eigenvalue weighted by atomic mass is 16.5. The van der Waals surface area contributed by atoms with Crippen molar-refractivity contribution < 1.29 is 4.74 Å². The maximum absolute atomic E-state index is 6.08. The van der Waals surface area contributed by atoms with Gasteiger partial charge in [0.05, 0.1) is 11.7 Å². The Kier molecular flexibility index (Phi) is 8.79. The lowest BCUT2D eigenvalue weighted by atomic mass is 10.0. The second-order valence-corrected chi connectivity index (χ2v) is 7.39. The van der Waals surface area contributed by atoms with Gasteiger partial charge in [0.15, 0.2) is 0 Å². The molecule has 0 saturated carbocycles. The van der Waals surface area contributed by atoms with E-state index in [1.807, 2.05) is 0 Å². The van der Waals surface area contributed by atoms with Crippen LogP contribution in [0.2, 0.25) is 0 Å². The number of nitrogens with zero attached hydrogens (tertiary/aromatic N) is 1. The first-order chi connectivity index (χ1) is 9.51. The van der Waals surface area contributed by atoms with Gasteiger partial charge in [-0.25, -0.2) is 0 Å². The van der Waals surface area contributed by atoms with E-state index in [4.69, 9.17) is 4.74 Å². The normalized spacial score (nSPS) is 18.6. The largest absolute Gasteiger partial charge is 0.373 e. The number of piperidine rings is 1. The van der Waals surface area contributed by atoms with Gasteiger partial charge in [-0.2, -0.15) is 0 Å². The summed E-state index contributed by atoms with van der Waals surface area (Å²) < 4.78 is 6.08. The van der Waals surface area contributed by atoms with E-state index in [-0.39, 0.29) is 5.60 Å². The molecule has 20 heavy (non-hydrogen) atoms. The Bertz CT molecular complexity index is 226. The van der Waals surface area contributed by atoms with Crippen LogP contribution in [0.15, 0.2) is 0 Å². The van der Waals surface area contributed by atoms with Crippen LogP contribution in [0.1, 0.15) is 85.5 Å². The number of unbranched alkanes of at least 4 members (excludes halogenated alkanes) is 6. The molecule has 1 saturated heterocycles. The lowest BCUT2D eigenvalue weighted by molar-refractivity contribution is -0.0820. The van der Waals surface area contributed by atoms with E-state index in [1.165, 1.54) is 77.4 Å². The average molecular weight is 284 g/mol. The van der Waals surface area contributed by atoms with Crippen molar-refractivity contribution in [2.75, 3.05) is 19.6 Å². The van der Waals surface area contributed by atoms with Gasteiger partial charge in [0.25, 0.3) is 0 Å². The van der Waals surface area contributed by atoms with E-state index in [2.05, 4.69) is 32.6 Å². The quantitative estimate of drug-likeness (QED) is 0.551. The van der Waals surface area contributed by atoms with Crippen molar-refractivity contribution in [3.63, 3.8) is 0 Å². The first-order valence-electron chi connectivity index (χ1n) is 8.91. The molecule has 1 rings (SSSR count). The fourth-order valence-corrected chi connectivity index (χ4v) is 3.04. The lowest BCUT2D eigenvalue weighted by Crippen LogP contribution is -2.40. The number of ether oxygens (including phenoxy) is 1. The van der Waals surface area contributed by atoms with Gasteiger partial charge < -0.3 is 9.64 Å². The van der Waals surface area contributed by atoms with Crippen molar-refractivity contribution >= 4 is 0 Å². The molecule has 0 amide bonds. The van der Waals surface area contributed by atoms with E-state index in [0.29, 0.717) is 6.10 Å². The number of hydrogen-bond donors (Lipinski definition) is 0. The van der Waals surface area contributed by atoms with Crippen molar-refractivity contribution in [1.82, 2.24) is 4.90 Å². The Morgan fingerprint density at radius 2 is 1.45 bits per heavy atom. The summed E-state index contributed by atoms with van der Waals surface area (Å²) in [5, 5.41) is 0. The Morgan fingerprint density at radius 3 is 2.00 bits per heavy atom. The summed E-state index contributed by atoms with van der Waals surface area (Å²) in [5.74, 6) is 0. The van der Waals surface area contributed by atoms with E-state index in [0.717, 1.165) is 0 Å². The van der Waals surface area contributed by atoms with Crippen molar-refractivity contribution in [3.05, 3.63) is 0 Å². The van der Waals surface area contributed by atoms with Crippen molar-refractivity contribution in [2.45, 2.75) is 97.2 Å². The summed E-state index contributed by atoms with van der Waals surface area (Å²) in [6.45, 7) is 12.5. The van der Waals surface area contributed by atoms with E-state index in [1.54, 1.807) is 0 Å². The minimum atomic E-state index is 0.0192. The molecule has 0 aromatic carbocycles. The van der Waals surface area contributed by atoms with Gasteiger partial charge in [-0.1, -0.05) is 45.4 Å². The molecule has 2 nitrogen and oxygen atoms in total. The minimum Gasteiger partial charge on any atom is -0.373 e. The van der Waals surface area contributed by atoms with Gasteiger partial charge in [-0.15, -0.1) is 0 Å². The zero-order valence-corrected chi connectivity index (χ0v) is 14.4. The van der Waals surface area contributed by atoms with Crippen molar-refractivity contribution in [2.24, 2.45) is 0 Å². The van der Waals surface area contributed by atoms with Crippen LogP contribution in [0.5, 0.6) is 0 Å². The van der Waals surface area contributed by atoms with Crippen LogP contribution in [0.4, 0.5) is 0 Å². The minimum absolute atomic E-state index is 0.0192. The smallest absolute Gasteiger partial charge is 0.0606 e. The van der Waals surface area contributed by atoms with Crippen molar-refractivity contribution in [1.29, 1.82) is 0 Å². The monoisotopic (exact) mass is 283 g/mol. The first kappa shape index (κ1) is 18.0. The predicted molar refractivity (Wildman–Crippen MR) is 88.3 cm³/mol. The van der Waals surface area contributed by atoms with Gasteiger partial charge in [0.1, 0.15) is 0 Å². The molecular formula is C18H37NO. The molecule has 0 unspecified atom stereocenters. The Balaban J connectivity index is 1.97. The predicted octanol–water partition coefficient (Wildman–Crippen LogP) is 5.02. The molecule has 1 fully saturated rings. The van der Waals surface area contributed by atoms with Gasteiger partial charge in [0.2, 0.25) is 0 Å². The van der Waals surface area contributed by atoms with Crippen molar-refractivity contribution in [3.8, 4) is 0 Å². The van der Waals surface area contributed by atoms with Gasteiger partial charge in [-0.3, -0.25) is 0 Å². The van der Waals surface area contributed by atoms with Gasteiger partial charge >= 0.3 is 0 Å².